The lowest BCUT2D eigenvalue weighted by Gasteiger charge is -2.25. The summed E-state index contributed by atoms with van der Waals surface area (Å²) >= 11 is 0. The molecule has 148 valence electrons. The van der Waals surface area contributed by atoms with Gasteiger partial charge >= 0.3 is 0 Å². The molecule has 1 aromatic heterocycles. The number of aromatic nitrogens is 1. The summed E-state index contributed by atoms with van der Waals surface area (Å²) in [6.07, 6.45) is 2.37. The van der Waals surface area contributed by atoms with E-state index in [-0.39, 0.29) is 11.9 Å². The summed E-state index contributed by atoms with van der Waals surface area (Å²) in [5.74, 6) is 0.958. The van der Waals surface area contributed by atoms with E-state index in [1.807, 2.05) is 54.3 Å². The number of hydrogen-bond acceptors (Lipinski definition) is 3. The third-order valence-electron chi connectivity index (χ3n) is 5.51. The van der Waals surface area contributed by atoms with E-state index in [2.05, 4.69) is 24.3 Å². The van der Waals surface area contributed by atoms with Crippen LogP contribution in [0.4, 0.5) is 0 Å². The molecular formula is C25H26N2O2. The maximum atomic E-state index is 13.1. The molecule has 1 unspecified atom stereocenters. The van der Waals surface area contributed by atoms with E-state index in [4.69, 9.17) is 9.72 Å². The number of carbonyl (C=O) groups excluding carboxylic acids is 1. The zero-order chi connectivity index (χ0) is 20.2. The normalized spacial score (nSPS) is 16.1. The third-order valence-corrected chi connectivity index (χ3v) is 5.51. The summed E-state index contributed by atoms with van der Waals surface area (Å²) in [4.78, 5) is 19.9. The Bertz CT molecular complexity index is 983. The van der Waals surface area contributed by atoms with Crippen LogP contribution in [0.25, 0.3) is 11.1 Å². The van der Waals surface area contributed by atoms with Crippen LogP contribution >= 0.6 is 0 Å². The third kappa shape index (κ3) is 4.32. The second-order valence-corrected chi connectivity index (χ2v) is 7.56. The quantitative estimate of drug-likeness (QED) is 0.622. The monoisotopic (exact) mass is 386 g/mol. The van der Waals surface area contributed by atoms with Gasteiger partial charge < -0.3 is 9.64 Å². The molecule has 0 bridgehead atoms. The van der Waals surface area contributed by atoms with Gasteiger partial charge in [-0.1, -0.05) is 42.5 Å². The minimum atomic E-state index is 0.0445. The lowest BCUT2D eigenvalue weighted by molar-refractivity contribution is -0.131. The van der Waals surface area contributed by atoms with Crippen LogP contribution in [0.3, 0.4) is 0 Å². The number of likely N-dealkylation sites (tertiary alicyclic amines) is 1. The summed E-state index contributed by atoms with van der Waals surface area (Å²) < 4.78 is 5.20. The second-order valence-electron chi connectivity index (χ2n) is 7.56. The number of rotatable bonds is 5. The van der Waals surface area contributed by atoms with Crippen LogP contribution in [0.5, 0.6) is 5.75 Å². The molecule has 2 heterocycles. The Morgan fingerprint density at radius 1 is 1.07 bits per heavy atom. The molecule has 1 aliphatic rings. The highest BCUT2D eigenvalue weighted by Gasteiger charge is 2.31. The van der Waals surface area contributed by atoms with Crippen LogP contribution in [0.2, 0.25) is 0 Å². The van der Waals surface area contributed by atoms with Crippen LogP contribution in [-0.2, 0) is 11.2 Å². The maximum Gasteiger partial charge on any atom is 0.227 e. The zero-order valence-electron chi connectivity index (χ0n) is 17.0. The maximum absolute atomic E-state index is 13.1. The average Bonchev–Trinajstić information content (AvgIpc) is 3.25. The van der Waals surface area contributed by atoms with E-state index in [1.54, 1.807) is 7.11 Å². The summed E-state index contributed by atoms with van der Waals surface area (Å²) in [5, 5.41) is 0. The summed E-state index contributed by atoms with van der Waals surface area (Å²) in [5.41, 5.74) is 5.31. The van der Waals surface area contributed by atoms with Gasteiger partial charge in [-0.25, -0.2) is 0 Å². The van der Waals surface area contributed by atoms with Crippen molar-refractivity contribution in [1.29, 1.82) is 0 Å². The Morgan fingerprint density at radius 2 is 1.83 bits per heavy atom. The number of nitrogens with zero attached hydrogens (tertiary/aromatic N) is 2. The highest BCUT2D eigenvalue weighted by molar-refractivity contribution is 5.79. The van der Waals surface area contributed by atoms with Crippen molar-refractivity contribution in [2.45, 2.75) is 32.2 Å². The molecule has 29 heavy (non-hydrogen) atoms. The molecule has 0 aliphatic carbocycles. The molecular weight excluding hydrogens is 360 g/mol. The van der Waals surface area contributed by atoms with E-state index < -0.39 is 0 Å². The van der Waals surface area contributed by atoms with Crippen LogP contribution in [0.1, 0.15) is 35.8 Å². The van der Waals surface area contributed by atoms with Gasteiger partial charge in [-0.05, 0) is 60.7 Å². The molecule has 4 heteroatoms. The first-order valence-electron chi connectivity index (χ1n) is 10.1. The van der Waals surface area contributed by atoms with Crippen molar-refractivity contribution < 1.29 is 9.53 Å². The number of benzene rings is 2. The Balaban J connectivity index is 1.56. The number of carbonyl (C=O) groups is 1. The van der Waals surface area contributed by atoms with Gasteiger partial charge in [0.05, 0.1) is 25.3 Å². The predicted octanol–water partition coefficient (Wildman–Crippen LogP) is 4.97. The van der Waals surface area contributed by atoms with Gasteiger partial charge in [0, 0.05) is 12.2 Å². The lowest BCUT2D eigenvalue weighted by atomic mass is 10.0. The molecule has 1 fully saturated rings. The summed E-state index contributed by atoms with van der Waals surface area (Å²) in [7, 11) is 1.65. The molecule has 0 radical (unpaired) electrons. The number of amides is 1. The van der Waals surface area contributed by atoms with E-state index >= 15 is 0 Å². The van der Waals surface area contributed by atoms with Gasteiger partial charge in [0.1, 0.15) is 5.75 Å². The fourth-order valence-electron chi connectivity index (χ4n) is 4.05. The van der Waals surface area contributed by atoms with Gasteiger partial charge in [0.25, 0.3) is 0 Å². The van der Waals surface area contributed by atoms with Crippen LogP contribution < -0.4 is 4.74 Å². The molecule has 1 amide bonds. The number of ether oxygens (including phenoxy) is 1. The molecule has 1 aliphatic heterocycles. The largest absolute Gasteiger partial charge is 0.497 e. The first kappa shape index (κ1) is 19.2. The minimum absolute atomic E-state index is 0.0445. The number of methoxy groups -OCH3 is 1. The van der Waals surface area contributed by atoms with Gasteiger partial charge in [-0.2, -0.15) is 0 Å². The molecule has 2 aromatic carbocycles. The molecule has 1 atom stereocenters. The van der Waals surface area contributed by atoms with E-state index in [9.17, 15) is 4.79 Å². The predicted molar refractivity (Wildman–Crippen MR) is 115 cm³/mol. The van der Waals surface area contributed by atoms with Crippen molar-refractivity contribution in [3.05, 3.63) is 83.7 Å². The smallest absolute Gasteiger partial charge is 0.227 e. The molecule has 0 saturated carbocycles. The van der Waals surface area contributed by atoms with E-state index in [1.165, 1.54) is 5.56 Å². The standard InChI is InChI=1S/C25H26N2O2/c1-18-15-21(20-7-4-3-5-8-20)17-23(26-18)24-9-6-14-27(24)25(28)16-19-10-12-22(29-2)13-11-19/h3-5,7-8,10-13,15,17,24H,6,9,14,16H2,1-2H3. The number of hydrogen-bond donors (Lipinski definition) is 0. The Labute approximate surface area is 172 Å². The van der Waals surface area contributed by atoms with Crippen molar-refractivity contribution in [2.75, 3.05) is 13.7 Å². The SMILES string of the molecule is COc1ccc(CC(=O)N2CCCC2c2cc(-c3ccccc3)cc(C)n2)cc1. The van der Waals surface area contributed by atoms with Crippen molar-refractivity contribution in [3.8, 4) is 16.9 Å². The molecule has 1 saturated heterocycles. The van der Waals surface area contributed by atoms with Crippen LogP contribution in [-0.4, -0.2) is 29.4 Å². The second kappa shape index (κ2) is 8.48. The summed E-state index contributed by atoms with van der Waals surface area (Å²) in [6, 6.07) is 22.4. The van der Waals surface area contributed by atoms with Gasteiger partial charge in [0.2, 0.25) is 5.91 Å². The van der Waals surface area contributed by atoms with Crippen molar-refractivity contribution in [1.82, 2.24) is 9.88 Å². The van der Waals surface area contributed by atoms with E-state index in [0.29, 0.717) is 6.42 Å². The highest BCUT2D eigenvalue weighted by atomic mass is 16.5. The lowest BCUT2D eigenvalue weighted by Crippen LogP contribution is -2.32. The topological polar surface area (TPSA) is 42.4 Å². The molecule has 4 rings (SSSR count). The highest BCUT2D eigenvalue weighted by Crippen LogP contribution is 2.33. The fraction of sp³-hybridized carbons (Fsp3) is 0.280. The van der Waals surface area contributed by atoms with Crippen molar-refractivity contribution in [3.63, 3.8) is 0 Å². The van der Waals surface area contributed by atoms with Crippen molar-refractivity contribution in [2.24, 2.45) is 0 Å². The van der Waals surface area contributed by atoms with Gasteiger partial charge in [-0.15, -0.1) is 0 Å². The zero-order valence-corrected chi connectivity index (χ0v) is 17.0. The Kier molecular flexibility index (Phi) is 5.61. The molecule has 0 N–H and O–H groups in total. The van der Waals surface area contributed by atoms with Gasteiger partial charge in [-0.3, -0.25) is 9.78 Å². The van der Waals surface area contributed by atoms with E-state index in [0.717, 1.165) is 47.7 Å². The first-order valence-corrected chi connectivity index (χ1v) is 10.1. The molecule has 3 aromatic rings. The Hall–Kier alpha value is -3.14. The Morgan fingerprint density at radius 3 is 2.55 bits per heavy atom. The van der Waals surface area contributed by atoms with Crippen LogP contribution in [0.15, 0.2) is 66.7 Å². The number of aryl methyl sites for hydroxylation is 1. The van der Waals surface area contributed by atoms with Crippen molar-refractivity contribution >= 4 is 5.91 Å². The molecule has 0 spiro atoms. The fourth-order valence-corrected chi connectivity index (χ4v) is 4.05. The average molecular weight is 386 g/mol. The van der Waals surface area contributed by atoms with Crippen LogP contribution in [0, 0.1) is 6.92 Å². The number of pyridine rings is 1. The summed E-state index contributed by atoms with van der Waals surface area (Å²) in [6.45, 7) is 2.81. The molecule has 4 nitrogen and oxygen atoms in total. The minimum Gasteiger partial charge on any atom is -0.497 e. The van der Waals surface area contributed by atoms with Gasteiger partial charge in [0.15, 0.2) is 0 Å². The first-order chi connectivity index (χ1) is 14.1.